The van der Waals surface area contributed by atoms with E-state index in [9.17, 15) is 9.59 Å². The molecule has 0 bridgehead atoms. The lowest BCUT2D eigenvalue weighted by Crippen LogP contribution is -2.14. The van der Waals surface area contributed by atoms with Crippen LogP contribution in [0.1, 0.15) is 71.4 Å². The second-order valence-corrected chi connectivity index (χ2v) is 9.37. The standard InChI is InChI=1S/C32H30O2/c1-21(2)23-5-9-25(10-6-23)27-13-17-29(18-14-27)31(33)32(34)30-19-15-28(16-20-30)26-11-7-24(8-12-26)22(3)4/h5-22H,1-4H3. The first-order valence-electron chi connectivity index (χ1n) is 11.8. The number of hydrogen-bond donors (Lipinski definition) is 0. The van der Waals surface area contributed by atoms with E-state index < -0.39 is 11.6 Å². The molecule has 0 fully saturated rings. The normalized spacial score (nSPS) is 11.1. The highest BCUT2D eigenvalue weighted by Gasteiger charge is 2.18. The van der Waals surface area contributed by atoms with E-state index >= 15 is 0 Å². The first-order valence-corrected chi connectivity index (χ1v) is 11.8. The zero-order chi connectivity index (χ0) is 24.2. The van der Waals surface area contributed by atoms with Gasteiger partial charge in [0.2, 0.25) is 11.6 Å². The van der Waals surface area contributed by atoms with E-state index in [1.807, 2.05) is 24.3 Å². The molecule has 0 aromatic heterocycles. The zero-order valence-corrected chi connectivity index (χ0v) is 20.2. The highest BCUT2D eigenvalue weighted by atomic mass is 16.2. The van der Waals surface area contributed by atoms with Crippen LogP contribution in [0, 0.1) is 0 Å². The molecule has 2 nitrogen and oxygen atoms in total. The Morgan fingerprint density at radius 2 is 0.647 bits per heavy atom. The third kappa shape index (κ3) is 5.07. The number of carbonyl (C=O) groups is 2. The Balaban J connectivity index is 1.47. The topological polar surface area (TPSA) is 34.1 Å². The van der Waals surface area contributed by atoms with Crippen molar-refractivity contribution in [3.05, 3.63) is 119 Å². The number of rotatable bonds is 7. The van der Waals surface area contributed by atoms with E-state index in [4.69, 9.17) is 0 Å². The zero-order valence-electron chi connectivity index (χ0n) is 20.2. The van der Waals surface area contributed by atoms with Crippen LogP contribution in [0.15, 0.2) is 97.1 Å². The minimum atomic E-state index is -0.490. The maximum Gasteiger partial charge on any atom is 0.233 e. The molecule has 0 aliphatic heterocycles. The third-order valence-electron chi connectivity index (χ3n) is 6.32. The van der Waals surface area contributed by atoms with Gasteiger partial charge in [-0.15, -0.1) is 0 Å². The molecule has 0 N–H and O–H groups in total. The van der Waals surface area contributed by atoms with Gasteiger partial charge in [0.05, 0.1) is 0 Å². The van der Waals surface area contributed by atoms with Gasteiger partial charge < -0.3 is 0 Å². The van der Waals surface area contributed by atoms with E-state index in [-0.39, 0.29) is 0 Å². The van der Waals surface area contributed by atoms with Gasteiger partial charge in [0, 0.05) is 11.1 Å². The Labute approximate surface area is 202 Å². The molecule has 34 heavy (non-hydrogen) atoms. The molecule has 0 heterocycles. The van der Waals surface area contributed by atoms with Crippen molar-refractivity contribution in [1.29, 1.82) is 0 Å². The van der Waals surface area contributed by atoms with Crippen LogP contribution in [-0.4, -0.2) is 11.6 Å². The summed E-state index contributed by atoms with van der Waals surface area (Å²) in [6.45, 7) is 8.68. The van der Waals surface area contributed by atoms with Crippen molar-refractivity contribution in [2.24, 2.45) is 0 Å². The number of carbonyl (C=O) groups excluding carboxylic acids is 2. The largest absolute Gasteiger partial charge is 0.285 e. The second kappa shape index (κ2) is 10.0. The minimum absolute atomic E-state index is 0.404. The van der Waals surface area contributed by atoms with E-state index in [0.29, 0.717) is 23.0 Å². The quantitative estimate of drug-likeness (QED) is 0.211. The van der Waals surface area contributed by atoms with Crippen molar-refractivity contribution in [3.8, 4) is 22.3 Å². The molecule has 0 aliphatic rings. The van der Waals surface area contributed by atoms with Gasteiger partial charge in [-0.2, -0.15) is 0 Å². The highest BCUT2D eigenvalue weighted by Crippen LogP contribution is 2.25. The van der Waals surface area contributed by atoms with Crippen LogP contribution in [0.3, 0.4) is 0 Å². The van der Waals surface area contributed by atoms with Gasteiger partial charge in [0.25, 0.3) is 0 Å². The van der Waals surface area contributed by atoms with Crippen LogP contribution in [0.25, 0.3) is 22.3 Å². The maximum absolute atomic E-state index is 12.8. The van der Waals surface area contributed by atoms with Gasteiger partial charge in [-0.3, -0.25) is 9.59 Å². The molecular weight excluding hydrogens is 416 g/mol. The maximum atomic E-state index is 12.8. The summed E-state index contributed by atoms with van der Waals surface area (Å²) < 4.78 is 0. The van der Waals surface area contributed by atoms with Gasteiger partial charge in [0.1, 0.15) is 0 Å². The number of Topliss-reactive ketones (excluding diaryl/α,β-unsaturated/α-hetero) is 2. The smallest absolute Gasteiger partial charge is 0.233 e. The average Bonchev–Trinajstić information content (AvgIpc) is 2.88. The molecule has 0 unspecified atom stereocenters. The Hall–Kier alpha value is -3.78. The monoisotopic (exact) mass is 446 g/mol. The van der Waals surface area contributed by atoms with Crippen LogP contribution < -0.4 is 0 Å². The highest BCUT2D eigenvalue weighted by molar-refractivity contribution is 6.49. The molecule has 0 atom stereocenters. The van der Waals surface area contributed by atoms with Crippen LogP contribution in [-0.2, 0) is 0 Å². The predicted molar refractivity (Wildman–Crippen MR) is 141 cm³/mol. The Morgan fingerprint density at radius 3 is 0.882 bits per heavy atom. The molecule has 4 aromatic carbocycles. The Bertz CT molecular complexity index is 1170. The summed E-state index contributed by atoms with van der Waals surface area (Å²) in [4.78, 5) is 25.6. The Kier molecular flexibility index (Phi) is 6.88. The fourth-order valence-corrected chi connectivity index (χ4v) is 4.01. The fourth-order valence-electron chi connectivity index (χ4n) is 4.01. The lowest BCUT2D eigenvalue weighted by molar-refractivity contribution is 0.0817. The molecule has 170 valence electrons. The van der Waals surface area contributed by atoms with Crippen molar-refractivity contribution >= 4 is 11.6 Å². The summed E-state index contributed by atoms with van der Waals surface area (Å²) in [5, 5.41) is 0. The second-order valence-electron chi connectivity index (χ2n) is 9.37. The summed E-state index contributed by atoms with van der Waals surface area (Å²) in [6, 6.07) is 31.4. The van der Waals surface area contributed by atoms with E-state index in [1.165, 1.54) is 11.1 Å². The van der Waals surface area contributed by atoms with Crippen molar-refractivity contribution in [2.75, 3.05) is 0 Å². The third-order valence-corrected chi connectivity index (χ3v) is 6.32. The van der Waals surface area contributed by atoms with Crippen LogP contribution in [0.2, 0.25) is 0 Å². The first kappa shape index (κ1) is 23.4. The van der Waals surface area contributed by atoms with E-state index in [0.717, 1.165) is 22.3 Å². The van der Waals surface area contributed by atoms with Crippen LogP contribution in [0.5, 0.6) is 0 Å². The summed E-state index contributed by atoms with van der Waals surface area (Å²) in [5.74, 6) is -0.00872. The number of ketones is 2. The molecule has 4 aromatic rings. The van der Waals surface area contributed by atoms with E-state index in [2.05, 4.69) is 76.2 Å². The molecule has 0 aliphatic carbocycles. The predicted octanol–water partition coefficient (Wildman–Crippen LogP) is 8.33. The molecule has 0 saturated carbocycles. The van der Waals surface area contributed by atoms with Crippen LogP contribution >= 0.6 is 0 Å². The average molecular weight is 447 g/mol. The molecule has 4 rings (SSSR count). The number of benzene rings is 4. The molecule has 0 amide bonds. The van der Waals surface area contributed by atoms with Gasteiger partial charge in [0.15, 0.2) is 0 Å². The number of hydrogen-bond acceptors (Lipinski definition) is 2. The summed E-state index contributed by atoms with van der Waals surface area (Å²) in [7, 11) is 0. The molecule has 2 heteroatoms. The van der Waals surface area contributed by atoms with Gasteiger partial charge in [-0.1, -0.05) is 125 Å². The first-order chi connectivity index (χ1) is 16.3. The van der Waals surface area contributed by atoms with Gasteiger partial charge in [-0.25, -0.2) is 0 Å². The summed E-state index contributed by atoms with van der Waals surface area (Å²) in [6.07, 6.45) is 0. The van der Waals surface area contributed by atoms with Gasteiger partial charge >= 0.3 is 0 Å². The van der Waals surface area contributed by atoms with Crippen molar-refractivity contribution in [3.63, 3.8) is 0 Å². The van der Waals surface area contributed by atoms with Crippen molar-refractivity contribution < 1.29 is 9.59 Å². The molecule has 0 saturated heterocycles. The fraction of sp³-hybridized carbons (Fsp3) is 0.188. The Morgan fingerprint density at radius 1 is 0.412 bits per heavy atom. The van der Waals surface area contributed by atoms with Crippen molar-refractivity contribution in [2.45, 2.75) is 39.5 Å². The van der Waals surface area contributed by atoms with Crippen molar-refractivity contribution in [1.82, 2.24) is 0 Å². The lowest BCUT2D eigenvalue weighted by Gasteiger charge is -2.08. The SMILES string of the molecule is CC(C)c1ccc(-c2ccc(C(=O)C(=O)c3ccc(-c4ccc(C(C)C)cc4)cc3)cc2)cc1. The van der Waals surface area contributed by atoms with Crippen LogP contribution in [0.4, 0.5) is 0 Å². The molecule has 0 radical (unpaired) electrons. The molecule has 0 spiro atoms. The summed E-state index contributed by atoms with van der Waals surface area (Å²) in [5.41, 5.74) is 7.61. The van der Waals surface area contributed by atoms with Gasteiger partial charge in [-0.05, 0) is 45.2 Å². The lowest BCUT2D eigenvalue weighted by atomic mass is 9.95. The summed E-state index contributed by atoms with van der Waals surface area (Å²) >= 11 is 0. The molecular formula is C32H30O2. The van der Waals surface area contributed by atoms with E-state index in [1.54, 1.807) is 24.3 Å². The minimum Gasteiger partial charge on any atom is -0.285 e.